The zero-order valence-electron chi connectivity index (χ0n) is 17.8. The van der Waals surface area contributed by atoms with Gasteiger partial charge in [-0.25, -0.2) is 4.79 Å². The van der Waals surface area contributed by atoms with Gasteiger partial charge in [-0.05, 0) is 43.4 Å². The zero-order valence-corrected chi connectivity index (χ0v) is 17.8. The fraction of sp³-hybridized carbons (Fsp3) is 0.480. The fourth-order valence-electron chi connectivity index (χ4n) is 6.13. The number of hydrogen-bond acceptors (Lipinski definition) is 4. The maximum absolute atomic E-state index is 12.4. The average Bonchev–Trinajstić information content (AvgIpc) is 2.73. The molecule has 2 aliphatic heterocycles. The monoisotopic (exact) mass is 407 g/mol. The van der Waals surface area contributed by atoms with E-state index >= 15 is 0 Å². The molecule has 1 amide bonds. The summed E-state index contributed by atoms with van der Waals surface area (Å²) in [6.07, 6.45) is 0.518. The lowest BCUT2D eigenvalue weighted by Gasteiger charge is -2.63. The molecule has 0 unspecified atom stereocenters. The summed E-state index contributed by atoms with van der Waals surface area (Å²) in [6.45, 7) is 7.66. The summed E-state index contributed by atoms with van der Waals surface area (Å²) in [5, 5.41) is 2.82. The molecule has 1 aliphatic carbocycles. The van der Waals surface area contributed by atoms with E-state index in [0.717, 1.165) is 23.4 Å². The molecule has 0 spiro atoms. The lowest BCUT2D eigenvalue weighted by molar-refractivity contribution is -0.259. The average molecular weight is 408 g/mol. The highest BCUT2D eigenvalue weighted by Crippen LogP contribution is 2.63. The van der Waals surface area contributed by atoms with E-state index in [9.17, 15) is 4.79 Å². The van der Waals surface area contributed by atoms with E-state index in [1.165, 1.54) is 0 Å². The van der Waals surface area contributed by atoms with Gasteiger partial charge in [0.25, 0.3) is 0 Å². The molecule has 2 aromatic carbocycles. The number of hydrogen-bond donors (Lipinski definition) is 1. The van der Waals surface area contributed by atoms with E-state index in [4.69, 9.17) is 14.2 Å². The van der Waals surface area contributed by atoms with Crippen molar-refractivity contribution in [3.05, 3.63) is 60.2 Å². The molecule has 5 rings (SSSR count). The Hall–Kier alpha value is -2.53. The first-order chi connectivity index (χ1) is 14.4. The first-order valence-electron chi connectivity index (χ1n) is 10.8. The van der Waals surface area contributed by atoms with E-state index in [0.29, 0.717) is 25.0 Å². The van der Waals surface area contributed by atoms with Crippen molar-refractivity contribution < 1.29 is 19.0 Å². The number of anilines is 1. The van der Waals surface area contributed by atoms with E-state index < -0.39 is 6.09 Å². The van der Waals surface area contributed by atoms with E-state index in [-0.39, 0.29) is 23.0 Å². The topological polar surface area (TPSA) is 56.8 Å². The van der Waals surface area contributed by atoms with Gasteiger partial charge in [-0.3, -0.25) is 5.32 Å². The molecule has 2 bridgehead atoms. The number of fused-ring (bicyclic) bond motifs is 3. The van der Waals surface area contributed by atoms with Crippen LogP contribution in [0.1, 0.15) is 38.9 Å². The number of benzene rings is 2. The van der Waals surface area contributed by atoms with Crippen LogP contribution in [0.5, 0.6) is 5.75 Å². The summed E-state index contributed by atoms with van der Waals surface area (Å²) in [6, 6.07) is 17.6. The van der Waals surface area contributed by atoms with Crippen LogP contribution in [0.15, 0.2) is 54.6 Å². The summed E-state index contributed by atoms with van der Waals surface area (Å²) >= 11 is 0. The van der Waals surface area contributed by atoms with E-state index in [1.54, 1.807) is 0 Å². The minimum atomic E-state index is -0.421. The SMILES string of the molecule is C[C@@H]1C[C@]2(C)Oc3ccccc3[C@@H]3OC[C@]1(COC(=O)Nc1ccccc1)[C@@H](C)[C@H]32. The molecule has 1 saturated carbocycles. The molecular formula is C25H29NO4. The standard InChI is InChI=1S/C25H29NO4/c1-16-13-24(3)21-17(2)25(16,15-29-23(27)26-18-9-5-4-6-10-18)14-28-22(21)19-11-7-8-12-20(19)30-24/h4-12,16-17,21-22H,13-15H2,1-3H3,(H,26,27)/t16-,17+,21-,22+,24+,25-/m1/s1. The minimum absolute atomic E-state index is 0.0220. The molecule has 2 heterocycles. The van der Waals surface area contributed by atoms with Crippen molar-refractivity contribution in [3.8, 4) is 5.75 Å². The van der Waals surface area contributed by atoms with Crippen LogP contribution in [0, 0.1) is 23.2 Å². The van der Waals surface area contributed by atoms with Crippen LogP contribution < -0.4 is 10.1 Å². The second-order valence-corrected chi connectivity index (χ2v) is 9.40. The van der Waals surface area contributed by atoms with Crippen molar-refractivity contribution in [2.75, 3.05) is 18.5 Å². The van der Waals surface area contributed by atoms with Gasteiger partial charge in [0.05, 0.1) is 12.7 Å². The maximum atomic E-state index is 12.4. The molecule has 6 atom stereocenters. The number of amides is 1. The number of carbonyl (C=O) groups is 1. The first-order valence-corrected chi connectivity index (χ1v) is 10.8. The molecule has 3 aliphatic rings. The quantitative estimate of drug-likeness (QED) is 0.736. The molecule has 1 saturated heterocycles. The van der Waals surface area contributed by atoms with Gasteiger partial charge in [0.1, 0.15) is 18.0 Å². The van der Waals surface area contributed by atoms with Gasteiger partial charge in [0.2, 0.25) is 0 Å². The van der Waals surface area contributed by atoms with E-state index in [1.807, 2.05) is 48.5 Å². The van der Waals surface area contributed by atoms with Crippen molar-refractivity contribution in [3.63, 3.8) is 0 Å². The highest BCUT2D eigenvalue weighted by Gasteiger charge is 2.64. The van der Waals surface area contributed by atoms with Crippen molar-refractivity contribution >= 4 is 11.8 Å². The van der Waals surface area contributed by atoms with Gasteiger partial charge in [0.15, 0.2) is 0 Å². The Bertz CT molecular complexity index is 947. The molecule has 158 valence electrons. The Labute approximate surface area is 177 Å². The molecular weight excluding hydrogens is 378 g/mol. The van der Waals surface area contributed by atoms with Gasteiger partial charge in [0, 0.05) is 22.6 Å². The number of para-hydroxylation sites is 2. The Balaban J connectivity index is 1.38. The van der Waals surface area contributed by atoms with Gasteiger partial charge in [-0.2, -0.15) is 0 Å². The minimum Gasteiger partial charge on any atom is -0.487 e. The molecule has 0 radical (unpaired) electrons. The Kier molecular flexibility index (Phi) is 4.55. The summed E-state index contributed by atoms with van der Waals surface area (Å²) in [5.74, 6) is 1.75. The number of nitrogens with one attached hydrogen (secondary N) is 1. The second-order valence-electron chi connectivity index (χ2n) is 9.40. The lowest BCUT2D eigenvalue weighted by atomic mass is 9.50. The molecule has 5 heteroatoms. The summed E-state index contributed by atoms with van der Waals surface area (Å²) in [5.41, 5.74) is 1.37. The number of ether oxygens (including phenoxy) is 3. The third-order valence-electron chi connectivity index (χ3n) is 7.76. The van der Waals surface area contributed by atoms with Crippen LogP contribution >= 0.6 is 0 Å². The van der Waals surface area contributed by atoms with Crippen LogP contribution in [0.4, 0.5) is 10.5 Å². The third kappa shape index (κ3) is 2.90. The van der Waals surface area contributed by atoms with Crippen molar-refractivity contribution in [1.29, 1.82) is 0 Å². The largest absolute Gasteiger partial charge is 0.487 e. The number of rotatable bonds is 3. The van der Waals surface area contributed by atoms with Crippen molar-refractivity contribution in [2.24, 2.45) is 23.2 Å². The zero-order chi connectivity index (χ0) is 20.9. The first kappa shape index (κ1) is 19.4. The van der Waals surface area contributed by atoms with Crippen LogP contribution in [-0.4, -0.2) is 24.9 Å². The fourth-order valence-corrected chi connectivity index (χ4v) is 6.13. The maximum Gasteiger partial charge on any atom is 0.411 e. The summed E-state index contributed by atoms with van der Waals surface area (Å²) in [7, 11) is 0. The van der Waals surface area contributed by atoms with Gasteiger partial charge < -0.3 is 14.2 Å². The number of carbonyl (C=O) groups excluding carboxylic acids is 1. The molecule has 0 aromatic heterocycles. The summed E-state index contributed by atoms with van der Waals surface area (Å²) in [4.78, 5) is 12.4. The van der Waals surface area contributed by atoms with Crippen LogP contribution in [0.2, 0.25) is 0 Å². The molecule has 2 aromatic rings. The van der Waals surface area contributed by atoms with Crippen LogP contribution in [0.25, 0.3) is 0 Å². The molecule has 1 N–H and O–H groups in total. The van der Waals surface area contributed by atoms with Gasteiger partial charge >= 0.3 is 6.09 Å². The normalized spacial score (nSPS) is 36.2. The highest BCUT2D eigenvalue weighted by molar-refractivity contribution is 5.84. The molecule has 2 fully saturated rings. The lowest BCUT2D eigenvalue weighted by Crippen LogP contribution is -2.66. The highest BCUT2D eigenvalue weighted by atomic mass is 16.6. The van der Waals surface area contributed by atoms with Crippen LogP contribution in [-0.2, 0) is 9.47 Å². The van der Waals surface area contributed by atoms with Crippen molar-refractivity contribution in [1.82, 2.24) is 0 Å². The van der Waals surface area contributed by atoms with E-state index in [2.05, 4.69) is 32.2 Å². The Morgan fingerprint density at radius 2 is 1.87 bits per heavy atom. The summed E-state index contributed by atoms with van der Waals surface area (Å²) < 4.78 is 18.8. The van der Waals surface area contributed by atoms with Crippen LogP contribution in [0.3, 0.4) is 0 Å². The molecule has 30 heavy (non-hydrogen) atoms. The third-order valence-corrected chi connectivity index (χ3v) is 7.76. The van der Waals surface area contributed by atoms with Crippen molar-refractivity contribution in [2.45, 2.75) is 38.9 Å². The Morgan fingerprint density at radius 3 is 2.67 bits per heavy atom. The smallest absolute Gasteiger partial charge is 0.411 e. The Morgan fingerprint density at radius 1 is 1.13 bits per heavy atom. The van der Waals surface area contributed by atoms with Gasteiger partial charge in [-0.1, -0.05) is 50.2 Å². The second kappa shape index (κ2) is 7.02. The predicted molar refractivity (Wildman–Crippen MR) is 114 cm³/mol. The predicted octanol–water partition coefficient (Wildman–Crippen LogP) is 5.44. The molecule has 5 nitrogen and oxygen atoms in total. The van der Waals surface area contributed by atoms with Gasteiger partial charge in [-0.15, -0.1) is 0 Å².